The third kappa shape index (κ3) is 4.04. The Morgan fingerprint density at radius 1 is 1.19 bits per heavy atom. The van der Waals surface area contributed by atoms with Crippen molar-refractivity contribution in [1.29, 1.82) is 0 Å². The summed E-state index contributed by atoms with van der Waals surface area (Å²) in [5.74, 6) is 0. The van der Waals surface area contributed by atoms with Crippen molar-refractivity contribution >= 4 is 0 Å². The first-order chi connectivity index (χ1) is 10.2. The molecule has 0 saturated heterocycles. The fourth-order valence-electron chi connectivity index (χ4n) is 3.80. The van der Waals surface area contributed by atoms with Crippen LogP contribution < -0.4 is 5.32 Å². The number of likely N-dealkylation sites (N-methyl/N-ethyl adjacent to an activating group) is 1. The minimum atomic E-state index is 0.302. The molecule has 1 aromatic rings. The van der Waals surface area contributed by atoms with Gasteiger partial charge in [0, 0.05) is 24.0 Å². The van der Waals surface area contributed by atoms with Crippen molar-refractivity contribution in [2.75, 3.05) is 20.6 Å². The topological polar surface area (TPSA) is 28.2 Å². The van der Waals surface area contributed by atoms with Crippen LogP contribution in [0.4, 0.5) is 0 Å². The van der Waals surface area contributed by atoms with Crippen LogP contribution in [-0.2, 0) is 6.42 Å². The van der Waals surface area contributed by atoms with Crippen LogP contribution in [0.1, 0.15) is 51.0 Å². The molecule has 0 amide bonds. The Bertz CT molecular complexity index is 396. The van der Waals surface area contributed by atoms with Crippen LogP contribution in [0.5, 0.6) is 0 Å². The highest BCUT2D eigenvalue weighted by molar-refractivity contribution is 5.15. The Balaban J connectivity index is 2.19. The lowest BCUT2D eigenvalue weighted by Crippen LogP contribution is -2.61. The summed E-state index contributed by atoms with van der Waals surface area (Å²) in [5, 5.41) is 3.85. The minimum Gasteiger partial charge on any atom is -0.312 e. The molecule has 1 N–H and O–H groups in total. The standard InChI is InChI=1S/C18H31N3/c1-4-12-20-17(15-16-8-13-19-14-9-16)18(21(2)3)10-6-5-7-11-18/h8-9,13-14,17,20H,4-7,10-12,15H2,1-3H3. The van der Waals surface area contributed by atoms with E-state index in [1.807, 2.05) is 12.4 Å². The molecule has 118 valence electrons. The molecule has 0 aromatic carbocycles. The van der Waals surface area contributed by atoms with E-state index >= 15 is 0 Å². The highest BCUT2D eigenvalue weighted by Crippen LogP contribution is 2.36. The molecule has 1 saturated carbocycles. The highest BCUT2D eigenvalue weighted by Gasteiger charge is 2.41. The maximum Gasteiger partial charge on any atom is 0.0359 e. The highest BCUT2D eigenvalue weighted by atomic mass is 15.2. The summed E-state index contributed by atoms with van der Waals surface area (Å²) >= 11 is 0. The van der Waals surface area contributed by atoms with Gasteiger partial charge in [0.2, 0.25) is 0 Å². The Kier molecular flexibility index (Phi) is 6.19. The summed E-state index contributed by atoms with van der Waals surface area (Å²) in [6, 6.07) is 4.84. The van der Waals surface area contributed by atoms with Gasteiger partial charge in [0.05, 0.1) is 0 Å². The lowest BCUT2D eigenvalue weighted by atomic mass is 9.73. The molecular weight excluding hydrogens is 258 g/mol. The zero-order valence-corrected chi connectivity index (χ0v) is 13.9. The number of pyridine rings is 1. The van der Waals surface area contributed by atoms with E-state index in [1.165, 1.54) is 44.1 Å². The van der Waals surface area contributed by atoms with Gasteiger partial charge < -0.3 is 10.2 Å². The molecule has 0 bridgehead atoms. The normalized spacial score (nSPS) is 19.6. The van der Waals surface area contributed by atoms with E-state index in [-0.39, 0.29) is 0 Å². The summed E-state index contributed by atoms with van der Waals surface area (Å²) in [4.78, 5) is 6.64. The van der Waals surface area contributed by atoms with Crippen molar-refractivity contribution in [3.05, 3.63) is 30.1 Å². The van der Waals surface area contributed by atoms with Gasteiger partial charge in [-0.3, -0.25) is 4.98 Å². The number of hydrogen-bond acceptors (Lipinski definition) is 3. The van der Waals surface area contributed by atoms with Gasteiger partial charge in [0.25, 0.3) is 0 Å². The SMILES string of the molecule is CCCNC(Cc1ccncc1)C1(N(C)C)CCCCC1. The second-order valence-electron chi connectivity index (χ2n) is 6.62. The quantitative estimate of drug-likeness (QED) is 0.835. The van der Waals surface area contributed by atoms with Gasteiger partial charge in [0.15, 0.2) is 0 Å². The van der Waals surface area contributed by atoms with Crippen LogP contribution >= 0.6 is 0 Å². The molecule has 3 heteroatoms. The van der Waals surface area contributed by atoms with Crippen molar-refractivity contribution < 1.29 is 0 Å². The van der Waals surface area contributed by atoms with E-state index in [0.29, 0.717) is 11.6 Å². The molecule has 3 nitrogen and oxygen atoms in total. The molecule has 1 unspecified atom stereocenters. The van der Waals surface area contributed by atoms with Crippen LogP contribution in [0, 0.1) is 0 Å². The molecule has 1 aromatic heterocycles. The van der Waals surface area contributed by atoms with E-state index in [4.69, 9.17) is 0 Å². The lowest BCUT2D eigenvalue weighted by molar-refractivity contribution is 0.0569. The van der Waals surface area contributed by atoms with Crippen LogP contribution in [0.25, 0.3) is 0 Å². The first kappa shape index (κ1) is 16.4. The maximum absolute atomic E-state index is 4.15. The molecule has 0 radical (unpaired) electrons. The van der Waals surface area contributed by atoms with E-state index < -0.39 is 0 Å². The third-order valence-corrected chi connectivity index (χ3v) is 5.09. The predicted octanol–water partition coefficient (Wildman–Crippen LogP) is 3.26. The smallest absolute Gasteiger partial charge is 0.0359 e. The Labute approximate surface area is 130 Å². The summed E-state index contributed by atoms with van der Waals surface area (Å²) in [6.07, 6.45) is 12.9. The Morgan fingerprint density at radius 2 is 1.86 bits per heavy atom. The summed E-state index contributed by atoms with van der Waals surface area (Å²) in [6.45, 7) is 3.35. The largest absolute Gasteiger partial charge is 0.312 e. The molecule has 1 atom stereocenters. The molecular formula is C18H31N3. The zero-order chi connectivity index (χ0) is 15.1. The average molecular weight is 289 g/mol. The van der Waals surface area contributed by atoms with Crippen molar-refractivity contribution in [2.24, 2.45) is 0 Å². The molecule has 0 aliphatic heterocycles. The van der Waals surface area contributed by atoms with Crippen LogP contribution in [0.2, 0.25) is 0 Å². The average Bonchev–Trinajstić information content (AvgIpc) is 2.53. The summed E-state index contributed by atoms with van der Waals surface area (Å²) in [7, 11) is 4.52. The minimum absolute atomic E-state index is 0.302. The van der Waals surface area contributed by atoms with Crippen molar-refractivity contribution in [3.8, 4) is 0 Å². The molecule has 1 fully saturated rings. The fourth-order valence-corrected chi connectivity index (χ4v) is 3.80. The Hall–Kier alpha value is -0.930. The molecule has 1 aliphatic rings. The number of nitrogens with one attached hydrogen (secondary N) is 1. The molecule has 2 rings (SSSR count). The summed E-state index contributed by atoms with van der Waals surface area (Å²) < 4.78 is 0. The fraction of sp³-hybridized carbons (Fsp3) is 0.722. The lowest BCUT2D eigenvalue weighted by Gasteiger charge is -2.49. The molecule has 1 heterocycles. The molecule has 21 heavy (non-hydrogen) atoms. The van der Waals surface area contributed by atoms with Crippen molar-refractivity contribution in [1.82, 2.24) is 15.2 Å². The maximum atomic E-state index is 4.15. The van der Waals surface area contributed by atoms with Crippen molar-refractivity contribution in [2.45, 2.75) is 63.5 Å². The second kappa shape index (κ2) is 7.90. The second-order valence-corrected chi connectivity index (χ2v) is 6.62. The van der Waals surface area contributed by atoms with Crippen molar-refractivity contribution in [3.63, 3.8) is 0 Å². The van der Waals surface area contributed by atoms with E-state index in [1.54, 1.807) is 0 Å². The van der Waals surface area contributed by atoms with E-state index in [0.717, 1.165) is 13.0 Å². The van der Waals surface area contributed by atoms with E-state index in [2.05, 4.69) is 48.4 Å². The molecule has 0 spiro atoms. The number of aromatic nitrogens is 1. The van der Waals surface area contributed by atoms with Gasteiger partial charge in [-0.1, -0.05) is 26.2 Å². The number of nitrogens with zero attached hydrogens (tertiary/aromatic N) is 2. The Morgan fingerprint density at radius 3 is 2.43 bits per heavy atom. The van der Waals surface area contributed by atoms with E-state index in [9.17, 15) is 0 Å². The van der Waals surface area contributed by atoms with Gasteiger partial charge in [-0.25, -0.2) is 0 Å². The van der Waals surface area contributed by atoms with Gasteiger partial charge in [-0.05, 0) is 64.0 Å². The predicted molar refractivity (Wildman–Crippen MR) is 89.5 cm³/mol. The number of rotatable bonds is 7. The zero-order valence-electron chi connectivity index (χ0n) is 13.9. The monoisotopic (exact) mass is 289 g/mol. The van der Waals surface area contributed by atoms with Gasteiger partial charge in [-0.15, -0.1) is 0 Å². The number of hydrogen-bond donors (Lipinski definition) is 1. The van der Waals surface area contributed by atoms with Crippen LogP contribution in [-0.4, -0.2) is 42.1 Å². The van der Waals surface area contributed by atoms with Gasteiger partial charge >= 0.3 is 0 Å². The molecule has 1 aliphatic carbocycles. The van der Waals surface area contributed by atoms with Crippen LogP contribution in [0.15, 0.2) is 24.5 Å². The van der Waals surface area contributed by atoms with Gasteiger partial charge in [0.1, 0.15) is 0 Å². The van der Waals surface area contributed by atoms with Gasteiger partial charge in [-0.2, -0.15) is 0 Å². The third-order valence-electron chi connectivity index (χ3n) is 5.09. The first-order valence-electron chi connectivity index (χ1n) is 8.49. The first-order valence-corrected chi connectivity index (χ1v) is 8.49. The summed E-state index contributed by atoms with van der Waals surface area (Å²) in [5.41, 5.74) is 1.70. The van der Waals surface area contributed by atoms with Crippen LogP contribution in [0.3, 0.4) is 0 Å².